The maximum absolute atomic E-state index is 12.7. The summed E-state index contributed by atoms with van der Waals surface area (Å²) < 4.78 is 11.0. The lowest BCUT2D eigenvalue weighted by Crippen LogP contribution is -2.34. The molecule has 2 aliphatic rings. The Kier molecular flexibility index (Phi) is 7.29. The number of nitrogens with one attached hydrogen (secondary N) is 1. The smallest absolute Gasteiger partial charge is 0.338 e. The van der Waals surface area contributed by atoms with E-state index in [1.807, 2.05) is 48.6 Å². The lowest BCUT2D eigenvalue weighted by molar-refractivity contribution is -0.139. The van der Waals surface area contributed by atoms with Gasteiger partial charge in [0, 0.05) is 16.9 Å². The second kappa shape index (κ2) is 10.4. The molecule has 34 heavy (non-hydrogen) atoms. The van der Waals surface area contributed by atoms with Crippen LogP contribution in [-0.2, 0) is 14.3 Å². The maximum atomic E-state index is 12.7. The van der Waals surface area contributed by atoms with Gasteiger partial charge in [-0.25, -0.2) is 9.79 Å². The quantitative estimate of drug-likeness (QED) is 0.513. The zero-order valence-electron chi connectivity index (χ0n) is 19.0. The standard InChI is InChI=1S/C25H24ClN3O4S/c1-4-32-24(31)22-16(3)27-25-29(11-12-34-25)23(22)17-6-9-19(10-7-17)33-14-21(30)28-20-13-18(26)8-5-15(20)2/h5-13,23H,4,14H2,1-3H3,(H,28,30). The molecule has 7 nitrogen and oxygen atoms in total. The summed E-state index contributed by atoms with van der Waals surface area (Å²) in [6.45, 7) is 5.63. The number of halogens is 1. The minimum Gasteiger partial charge on any atom is -0.484 e. The number of ether oxygens (including phenoxy) is 2. The lowest BCUT2D eigenvalue weighted by Gasteiger charge is -2.33. The number of hydrogen-bond acceptors (Lipinski definition) is 7. The number of hydrogen-bond donors (Lipinski definition) is 1. The molecule has 0 aromatic heterocycles. The number of rotatable bonds is 7. The van der Waals surface area contributed by atoms with Gasteiger partial charge in [-0.15, -0.1) is 0 Å². The molecule has 0 radical (unpaired) electrons. The topological polar surface area (TPSA) is 80.2 Å². The van der Waals surface area contributed by atoms with Gasteiger partial charge in [-0.2, -0.15) is 0 Å². The largest absolute Gasteiger partial charge is 0.484 e. The van der Waals surface area contributed by atoms with Crippen LogP contribution in [0.5, 0.6) is 5.75 Å². The van der Waals surface area contributed by atoms with E-state index in [0.29, 0.717) is 27.7 Å². The molecule has 2 aliphatic heterocycles. The first kappa shape index (κ1) is 23.9. The SMILES string of the molecule is CCOC(=O)C1=C(C)N=C2SC=CN2C1c1ccc(OCC(=O)Nc2cc(Cl)ccc2C)cc1. The van der Waals surface area contributed by atoms with E-state index in [4.69, 9.17) is 21.1 Å². The van der Waals surface area contributed by atoms with Gasteiger partial charge in [0.2, 0.25) is 0 Å². The summed E-state index contributed by atoms with van der Waals surface area (Å²) in [4.78, 5) is 31.6. The van der Waals surface area contributed by atoms with Crippen molar-refractivity contribution in [3.05, 3.63) is 81.5 Å². The molecule has 0 aliphatic carbocycles. The van der Waals surface area contributed by atoms with Gasteiger partial charge in [0.05, 0.1) is 23.9 Å². The van der Waals surface area contributed by atoms with Crippen molar-refractivity contribution >= 4 is 46.1 Å². The van der Waals surface area contributed by atoms with Gasteiger partial charge in [0.25, 0.3) is 5.91 Å². The van der Waals surface area contributed by atoms with Crippen LogP contribution < -0.4 is 10.1 Å². The van der Waals surface area contributed by atoms with E-state index in [1.54, 1.807) is 31.2 Å². The third-order valence-electron chi connectivity index (χ3n) is 5.36. The van der Waals surface area contributed by atoms with Gasteiger partial charge >= 0.3 is 5.97 Å². The van der Waals surface area contributed by atoms with E-state index in [2.05, 4.69) is 10.3 Å². The fourth-order valence-electron chi connectivity index (χ4n) is 3.71. The minimum absolute atomic E-state index is 0.149. The first-order valence-corrected chi connectivity index (χ1v) is 12.0. The summed E-state index contributed by atoms with van der Waals surface area (Å²) in [5.74, 6) is -0.132. The molecule has 1 unspecified atom stereocenters. The van der Waals surface area contributed by atoms with Crippen molar-refractivity contribution in [1.82, 2.24) is 4.90 Å². The van der Waals surface area contributed by atoms with Crippen molar-refractivity contribution in [2.75, 3.05) is 18.5 Å². The molecule has 176 valence electrons. The summed E-state index contributed by atoms with van der Waals surface area (Å²) in [5.41, 5.74) is 3.58. The third kappa shape index (κ3) is 5.13. The van der Waals surface area contributed by atoms with E-state index in [-0.39, 0.29) is 31.1 Å². The number of benzene rings is 2. The number of thioether (sulfide) groups is 1. The fraction of sp³-hybridized carbons (Fsp3) is 0.240. The maximum Gasteiger partial charge on any atom is 0.338 e. The Morgan fingerprint density at radius 2 is 1.94 bits per heavy atom. The van der Waals surface area contributed by atoms with Gasteiger partial charge in [0.1, 0.15) is 5.75 Å². The molecule has 2 aromatic carbocycles. The molecule has 0 fully saturated rings. The van der Waals surface area contributed by atoms with Crippen molar-refractivity contribution in [1.29, 1.82) is 0 Å². The van der Waals surface area contributed by atoms with Crippen LogP contribution >= 0.6 is 23.4 Å². The average Bonchev–Trinajstić information content (AvgIpc) is 3.27. The summed E-state index contributed by atoms with van der Waals surface area (Å²) in [7, 11) is 0. The van der Waals surface area contributed by atoms with Gasteiger partial charge in [-0.3, -0.25) is 4.79 Å². The molecule has 0 saturated carbocycles. The number of aryl methyl sites for hydroxylation is 1. The molecule has 9 heteroatoms. The second-order valence-corrected chi connectivity index (χ2v) is 9.00. The highest BCUT2D eigenvalue weighted by Gasteiger charge is 2.37. The highest BCUT2D eigenvalue weighted by atomic mass is 35.5. The van der Waals surface area contributed by atoms with E-state index in [0.717, 1.165) is 16.3 Å². The number of nitrogens with zero attached hydrogens (tertiary/aromatic N) is 2. The predicted octanol–water partition coefficient (Wildman–Crippen LogP) is 5.43. The zero-order chi connectivity index (χ0) is 24.2. The van der Waals surface area contributed by atoms with Crippen LogP contribution in [0.15, 0.2) is 70.3 Å². The Bertz CT molecular complexity index is 1210. The Labute approximate surface area is 207 Å². The third-order valence-corrected chi connectivity index (χ3v) is 6.36. The van der Waals surface area contributed by atoms with Crippen molar-refractivity contribution in [3.8, 4) is 5.75 Å². The number of anilines is 1. The van der Waals surface area contributed by atoms with Crippen LogP contribution in [0.25, 0.3) is 0 Å². The van der Waals surface area contributed by atoms with Gasteiger partial charge in [-0.05, 0) is 61.6 Å². The summed E-state index contributed by atoms with van der Waals surface area (Å²) in [6.07, 6.45) is 1.91. The fourth-order valence-corrected chi connectivity index (χ4v) is 4.67. The van der Waals surface area contributed by atoms with Crippen molar-refractivity contribution in [2.45, 2.75) is 26.8 Å². The van der Waals surface area contributed by atoms with E-state index in [1.165, 1.54) is 11.8 Å². The molecule has 2 aromatic rings. The Morgan fingerprint density at radius 1 is 1.18 bits per heavy atom. The molecule has 1 amide bonds. The molecule has 4 rings (SSSR count). The van der Waals surface area contributed by atoms with E-state index in [9.17, 15) is 9.59 Å². The van der Waals surface area contributed by atoms with Crippen LogP contribution in [0.3, 0.4) is 0 Å². The van der Waals surface area contributed by atoms with E-state index < -0.39 is 0 Å². The number of aliphatic imine (C=N–C) groups is 1. The van der Waals surface area contributed by atoms with Gasteiger partial charge < -0.3 is 19.7 Å². The molecule has 0 saturated heterocycles. The average molecular weight is 498 g/mol. The van der Waals surface area contributed by atoms with E-state index >= 15 is 0 Å². The second-order valence-electron chi connectivity index (χ2n) is 7.69. The van der Waals surface area contributed by atoms with Crippen LogP contribution in [0.1, 0.15) is 31.0 Å². The van der Waals surface area contributed by atoms with Crippen molar-refractivity contribution < 1.29 is 19.1 Å². The van der Waals surface area contributed by atoms with Crippen LogP contribution in [0.2, 0.25) is 5.02 Å². The molecule has 0 bridgehead atoms. The monoisotopic (exact) mass is 497 g/mol. The number of carbonyl (C=O) groups is 2. The highest BCUT2D eigenvalue weighted by Crippen LogP contribution is 2.41. The first-order chi connectivity index (χ1) is 16.4. The number of carbonyl (C=O) groups excluding carboxylic acids is 2. The Balaban J connectivity index is 1.47. The van der Waals surface area contributed by atoms with Crippen molar-refractivity contribution in [3.63, 3.8) is 0 Å². The lowest BCUT2D eigenvalue weighted by atomic mass is 9.95. The number of amides is 1. The molecule has 1 atom stereocenters. The number of fused-ring (bicyclic) bond motifs is 1. The number of esters is 1. The van der Waals surface area contributed by atoms with Gasteiger partial charge in [0.15, 0.2) is 11.8 Å². The van der Waals surface area contributed by atoms with Crippen molar-refractivity contribution in [2.24, 2.45) is 4.99 Å². The molecular weight excluding hydrogens is 474 g/mol. The molecule has 0 spiro atoms. The summed E-state index contributed by atoms with van der Waals surface area (Å²) >= 11 is 7.52. The Hall–Kier alpha value is -3.23. The highest BCUT2D eigenvalue weighted by molar-refractivity contribution is 8.16. The normalized spacial score (nSPS) is 16.8. The first-order valence-electron chi connectivity index (χ1n) is 10.7. The minimum atomic E-state index is -0.383. The predicted molar refractivity (Wildman–Crippen MR) is 135 cm³/mol. The molecular formula is C25H24ClN3O4S. The van der Waals surface area contributed by atoms with Crippen LogP contribution in [-0.4, -0.2) is 35.2 Å². The number of allylic oxidation sites excluding steroid dienone is 1. The van der Waals surface area contributed by atoms with Crippen LogP contribution in [0, 0.1) is 6.92 Å². The summed E-state index contributed by atoms with van der Waals surface area (Å²) in [6, 6.07) is 12.3. The van der Waals surface area contributed by atoms with Gasteiger partial charge in [-0.1, -0.05) is 41.6 Å². The Morgan fingerprint density at radius 3 is 2.68 bits per heavy atom. The summed E-state index contributed by atoms with van der Waals surface area (Å²) in [5, 5.41) is 6.10. The molecule has 1 N–H and O–H groups in total. The molecule has 2 heterocycles. The zero-order valence-corrected chi connectivity index (χ0v) is 20.6. The van der Waals surface area contributed by atoms with Crippen LogP contribution in [0.4, 0.5) is 5.69 Å². The number of amidine groups is 1.